The minimum atomic E-state index is -3.27. The van der Waals surface area contributed by atoms with Gasteiger partial charge in [-0.05, 0) is 36.4 Å². The van der Waals surface area contributed by atoms with Gasteiger partial charge in [-0.25, -0.2) is 13.4 Å². The number of H-pyrrole nitrogens is 1. The molecule has 0 saturated heterocycles. The molecule has 5 aromatic rings. The number of hydrogen-bond acceptors (Lipinski definition) is 5. The third-order valence-electron chi connectivity index (χ3n) is 5.70. The predicted octanol–water partition coefficient (Wildman–Crippen LogP) is 3.82. The molecule has 0 unspecified atom stereocenters. The molecule has 0 aliphatic carbocycles. The first-order chi connectivity index (χ1) is 16.3. The van der Waals surface area contributed by atoms with Crippen molar-refractivity contribution in [2.24, 2.45) is 0 Å². The fourth-order valence-corrected chi connectivity index (χ4v) is 4.51. The normalized spacial score (nSPS) is 11.6. The second-order valence-corrected chi connectivity index (χ2v) is 9.92. The molecule has 0 aliphatic heterocycles. The summed E-state index contributed by atoms with van der Waals surface area (Å²) in [6.07, 6.45) is 6.72. The van der Waals surface area contributed by atoms with E-state index in [0.29, 0.717) is 5.56 Å². The lowest BCUT2D eigenvalue weighted by Crippen LogP contribution is -2.17. The lowest BCUT2D eigenvalue weighted by molar-refractivity contribution is 0.0963. The molecular formula is C25H21N5O3S. The molecular weight excluding hydrogens is 450 g/mol. The first-order valence-electron chi connectivity index (χ1n) is 10.5. The third kappa shape index (κ3) is 3.86. The van der Waals surface area contributed by atoms with E-state index in [1.807, 2.05) is 34.9 Å². The van der Waals surface area contributed by atoms with Crippen molar-refractivity contribution >= 4 is 21.4 Å². The van der Waals surface area contributed by atoms with Crippen LogP contribution in [-0.2, 0) is 9.84 Å². The highest BCUT2D eigenvalue weighted by Crippen LogP contribution is 2.32. The Morgan fingerprint density at radius 3 is 2.26 bits per heavy atom. The Bertz CT molecular complexity index is 1620. The Kier molecular flexibility index (Phi) is 5.25. The number of pyridine rings is 1. The molecule has 2 aromatic carbocycles. The summed E-state index contributed by atoms with van der Waals surface area (Å²) in [7, 11) is -1.66. The first-order valence-corrected chi connectivity index (χ1v) is 12.4. The van der Waals surface area contributed by atoms with Gasteiger partial charge >= 0.3 is 0 Å². The Hall–Kier alpha value is -4.24. The van der Waals surface area contributed by atoms with Crippen molar-refractivity contribution in [2.45, 2.75) is 4.90 Å². The summed E-state index contributed by atoms with van der Waals surface area (Å²) in [5, 5.41) is 9.87. The van der Waals surface area contributed by atoms with Gasteiger partial charge in [0, 0.05) is 47.3 Å². The summed E-state index contributed by atoms with van der Waals surface area (Å²) < 4.78 is 25.6. The largest absolute Gasteiger partial charge is 0.355 e. The minimum absolute atomic E-state index is 0.135. The highest BCUT2D eigenvalue weighted by atomic mass is 32.2. The Morgan fingerprint density at radius 2 is 1.59 bits per heavy atom. The smallest absolute Gasteiger partial charge is 0.251 e. The van der Waals surface area contributed by atoms with E-state index < -0.39 is 9.84 Å². The van der Waals surface area contributed by atoms with E-state index in [9.17, 15) is 13.2 Å². The van der Waals surface area contributed by atoms with E-state index in [-0.39, 0.29) is 10.8 Å². The standard InChI is InChI=1S/C25H21N5O3S/c1-26-25(31)18-5-3-16(4-6-18)22-14-27-23-12-9-19(15-30(22)23)21-13-28-29-24(21)17-7-10-20(11-8-17)34(2,32)33/h3-15H,1-2H3,(H,26,31)(H,28,29). The molecule has 1 amide bonds. The molecule has 34 heavy (non-hydrogen) atoms. The number of aromatic nitrogens is 4. The van der Waals surface area contributed by atoms with Crippen molar-refractivity contribution in [3.8, 4) is 33.6 Å². The van der Waals surface area contributed by atoms with Gasteiger partial charge in [0.25, 0.3) is 5.91 Å². The van der Waals surface area contributed by atoms with E-state index in [1.54, 1.807) is 55.8 Å². The zero-order chi connectivity index (χ0) is 23.9. The van der Waals surface area contributed by atoms with Gasteiger partial charge < -0.3 is 5.32 Å². The van der Waals surface area contributed by atoms with Crippen LogP contribution < -0.4 is 5.32 Å². The van der Waals surface area contributed by atoms with Gasteiger partial charge in [-0.15, -0.1) is 0 Å². The Balaban J connectivity index is 1.54. The number of benzene rings is 2. The van der Waals surface area contributed by atoms with E-state index in [0.717, 1.165) is 39.3 Å². The molecule has 0 spiro atoms. The van der Waals surface area contributed by atoms with Gasteiger partial charge in [-0.2, -0.15) is 5.10 Å². The molecule has 0 radical (unpaired) electrons. The maximum absolute atomic E-state index is 11.8. The fraction of sp³-hybridized carbons (Fsp3) is 0.0800. The summed E-state index contributed by atoms with van der Waals surface area (Å²) in [5.41, 5.74) is 6.62. The number of rotatable bonds is 5. The molecule has 3 aromatic heterocycles. The number of imidazole rings is 1. The Morgan fingerprint density at radius 1 is 0.912 bits per heavy atom. The number of carbonyl (C=O) groups is 1. The molecule has 0 bridgehead atoms. The minimum Gasteiger partial charge on any atom is -0.355 e. The molecule has 5 rings (SSSR count). The zero-order valence-electron chi connectivity index (χ0n) is 18.5. The van der Waals surface area contributed by atoms with Crippen molar-refractivity contribution in [1.82, 2.24) is 24.9 Å². The van der Waals surface area contributed by atoms with Crippen LogP contribution in [0.15, 0.2) is 84.1 Å². The number of amides is 1. The van der Waals surface area contributed by atoms with Crippen molar-refractivity contribution < 1.29 is 13.2 Å². The van der Waals surface area contributed by atoms with Crippen LogP contribution in [0, 0.1) is 0 Å². The number of fused-ring (bicyclic) bond motifs is 1. The van der Waals surface area contributed by atoms with E-state index in [4.69, 9.17) is 0 Å². The number of nitrogens with one attached hydrogen (secondary N) is 2. The molecule has 8 nitrogen and oxygen atoms in total. The quantitative estimate of drug-likeness (QED) is 0.405. The van der Waals surface area contributed by atoms with Crippen molar-refractivity contribution in [2.75, 3.05) is 13.3 Å². The summed E-state index contributed by atoms with van der Waals surface area (Å²) >= 11 is 0. The number of sulfone groups is 1. The van der Waals surface area contributed by atoms with Crippen LogP contribution in [0.4, 0.5) is 0 Å². The zero-order valence-corrected chi connectivity index (χ0v) is 19.3. The Labute approximate surface area is 196 Å². The molecule has 170 valence electrons. The third-order valence-corrected chi connectivity index (χ3v) is 6.83. The molecule has 0 fully saturated rings. The van der Waals surface area contributed by atoms with Crippen LogP contribution in [0.5, 0.6) is 0 Å². The van der Waals surface area contributed by atoms with Crippen LogP contribution in [0.3, 0.4) is 0 Å². The van der Waals surface area contributed by atoms with Crippen LogP contribution >= 0.6 is 0 Å². The number of carbonyl (C=O) groups excluding carboxylic acids is 1. The van der Waals surface area contributed by atoms with Gasteiger partial charge in [0.1, 0.15) is 5.65 Å². The SMILES string of the molecule is CNC(=O)c1ccc(-c2cnc3ccc(-c4cn[nH]c4-c4ccc(S(C)(=O)=O)cc4)cn23)cc1. The monoisotopic (exact) mass is 471 g/mol. The average molecular weight is 472 g/mol. The first kappa shape index (κ1) is 21.6. The van der Waals surface area contributed by atoms with Gasteiger partial charge in [0.15, 0.2) is 9.84 Å². The average Bonchev–Trinajstić information content (AvgIpc) is 3.50. The molecule has 3 heterocycles. The second kappa shape index (κ2) is 8.27. The summed E-state index contributed by atoms with van der Waals surface area (Å²) in [6.45, 7) is 0. The molecule has 9 heteroatoms. The van der Waals surface area contributed by atoms with Gasteiger partial charge in [-0.1, -0.05) is 24.3 Å². The molecule has 0 aliphatic rings. The topological polar surface area (TPSA) is 109 Å². The molecule has 0 saturated carbocycles. The second-order valence-electron chi connectivity index (χ2n) is 7.90. The summed E-state index contributed by atoms with van der Waals surface area (Å²) in [5.74, 6) is -0.135. The van der Waals surface area contributed by atoms with Crippen LogP contribution in [0.1, 0.15) is 10.4 Å². The maximum atomic E-state index is 11.8. The number of hydrogen-bond donors (Lipinski definition) is 2. The van der Waals surface area contributed by atoms with Crippen molar-refractivity contribution in [3.63, 3.8) is 0 Å². The number of nitrogens with zero attached hydrogens (tertiary/aromatic N) is 3. The van der Waals surface area contributed by atoms with E-state index in [2.05, 4.69) is 20.5 Å². The fourth-order valence-electron chi connectivity index (χ4n) is 3.88. The van der Waals surface area contributed by atoms with Gasteiger partial charge in [0.2, 0.25) is 0 Å². The van der Waals surface area contributed by atoms with E-state index >= 15 is 0 Å². The van der Waals surface area contributed by atoms with Crippen LogP contribution in [0.25, 0.3) is 39.3 Å². The molecule has 0 atom stereocenters. The van der Waals surface area contributed by atoms with Crippen LogP contribution in [0.2, 0.25) is 0 Å². The lowest BCUT2D eigenvalue weighted by atomic mass is 10.0. The van der Waals surface area contributed by atoms with Crippen LogP contribution in [-0.4, -0.2) is 47.2 Å². The van der Waals surface area contributed by atoms with Crippen molar-refractivity contribution in [1.29, 1.82) is 0 Å². The van der Waals surface area contributed by atoms with Gasteiger partial charge in [0.05, 0.1) is 28.7 Å². The predicted molar refractivity (Wildman–Crippen MR) is 130 cm³/mol. The van der Waals surface area contributed by atoms with Gasteiger partial charge in [-0.3, -0.25) is 14.3 Å². The van der Waals surface area contributed by atoms with Crippen molar-refractivity contribution in [3.05, 3.63) is 84.8 Å². The maximum Gasteiger partial charge on any atom is 0.251 e. The summed E-state index contributed by atoms with van der Waals surface area (Å²) in [6, 6.07) is 18.0. The highest BCUT2D eigenvalue weighted by molar-refractivity contribution is 7.90. The van der Waals surface area contributed by atoms with E-state index in [1.165, 1.54) is 6.26 Å². The lowest BCUT2D eigenvalue weighted by Gasteiger charge is -2.08. The number of aromatic amines is 1. The molecule has 2 N–H and O–H groups in total. The highest BCUT2D eigenvalue weighted by Gasteiger charge is 2.14. The summed E-state index contributed by atoms with van der Waals surface area (Å²) in [4.78, 5) is 16.6.